The van der Waals surface area contributed by atoms with Crippen LogP contribution in [0, 0.1) is 0 Å². The molecule has 3 heteroatoms. The molecule has 0 aliphatic carbocycles. The molecule has 0 fully saturated rings. The number of hydrogen-bond donors (Lipinski definition) is 0. The van der Waals surface area contributed by atoms with Gasteiger partial charge < -0.3 is 4.74 Å². The first kappa shape index (κ1) is 13.0. The van der Waals surface area contributed by atoms with Crippen molar-refractivity contribution < 1.29 is 9.53 Å². The highest BCUT2D eigenvalue weighted by Gasteiger charge is 2.28. The summed E-state index contributed by atoms with van der Waals surface area (Å²) in [5, 5.41) is 0. The zero-order valence-corrected chi connectivity index (χ0v) is 11.7. The molecule has 0 aromatic carbocycles. The lowest BCUT2D eigenvalue weighted by molar-refractivity contribution is -0.139. The average Bonchev–Trinajstić information content (AvgIpc) is 2.44. The summed E-state index contributed by atoms with van der Waals surface area (Å²) in [7, 11) is 0. The Morgan fingerprint density at radius 3 is 2.47 bits per heavy atom. The van der Waals surface area contributed by atoms with Gasteiger partial charge in [0, 0.05) is 3.58 Å². The summed E-state index contributed by atoms with van der Waals surface area (Å²) in [5.41, 5.74) is 0.916. The van der Waals surface area contributed by atoms with Crippen LogP contribution in [0.25, 0.3) is 0 Å². The molecular weight excluding hydrogens is 303 g/mol. The Balaban J connectivity index is 2.29. The zero-order chi connectivity index (χ0) is 11.3. The summed E-state index contributed by atoms with van der Waals surface area (Å²) in [6, 6.07) is 0. The van der Waals surface area contributed by atoms with Gasteiger partial charge in [0.2, 0.25) is 0 Å². The summed E-state index contributed by atoms with van der Waals surface area (Å²) in [4.78, 5) is 11.4. The zero-order valence-electron chi connectivity index (χ0n) is 9.51. The number of cyclic esters (lactones) is 1. The molecule has 1 aliphatic rings. The summed E-state index contributed by atoms with van der Waals surface area (Å²) < 4.78 is 6.25. The van der Waals surface area contributed by atoms with Crippen LogP contribution in [0.5, 0.6) is 0 Å². The van der Waals surface area contributed by atoms with Crippen LogP contribution in [-0.2, 0) is 9.53 Å². The Bertz CT molecular complexity index is 258. The van der Waals surface area contributed by atoms with Gasteiger partial charge in [-0.25, -0.2) is 4.79 Å². The highest BCUT2D eigenvalue weighted by molar-refractivity contribution is 14.1. The lowest BCUT2D eigenvalue weighted by Crippen LogP contribution is -2.04. The molecule has 1 heterocycles. The molecule has 0 saturated carbocycles. The van der Waals surface area contributed by atoms with Gasteiger partial charge in [0.05, 0.1) is 5.57 Å². The van der Waals surface area contributed by atoms with E-state index in [4.69, 9.17) is 4.74 Å². The molecule has 1 atom stereocenters. The minimum absolute atomic E-state index is 0.0104. The summed E-state index contributed by atoms with van der Waals surface area (Å²) >= 11 is 2.24. The van der Waals surface area contributed by atoms with E-state index in [2.05, 4.69) is 29.5 Å². The standard InChI is InChI=1S/C12H19IO2/c1-3-4-5-6-7-8-10-11(13)9(2)15-12(10)14/h9H,3-8H2,1-2H3/t9-/m1/s1. The maximum Gasteiger partial charge on any atom is 0.335 e. The van der Waals surface area contributed by atoms with Gasteiger partial charge in [0.1, 0.15) is 6.10 Å². The van der Waals surface area contributed by atoms with Gasteiger partial charge in [-0.05, 0) is 42.4 Å². The lowest BCUT2D eigenvalue weighted by atomic mass is 10.1. The summed E-state index contributed by atoms with van der Waals surface area (Å²) in [6.45, 7) is 4.14. The molecule has 0 spiro atoms. The molecule has 1 aliphatic heterocycles. The molecule has 0 bridgehead atoms. The first-order valence-electron chi connectivity index (χ1n) is 5.76. The third-order valence-electron chi connectivity index (χ3n) is 2.71. The second-order valence-corrected chi connectivity index (χ2v) is 5.20. The molecule has 2 nitrogen and oxygen atoms in total. The first-order chi connectivity index (χ1) is 7.16. The fraction of sp³-hybridized carbons (Fsp3) is 0.750. The van der Waals surface area contributed by atoms with Crippen LogP contribution < -0.4 is 0 Å². The van der Waals surface area contributed by atoms with Crippen molar-refractivity contribution in [2.45, 2.75) is 58.5 Å². The number of halogens is 1. The average molecular weight is 322 g/mol. The minimum atomic E-state index is -0.0950. The van der Waals surface area contributed by atoms with E-state index in [-0.39, 0.29) is 12.1 Å². The van der Waals surface area contributed by atoms with E-state index in [1.54, 1.807) is 0 Å². The number of carbonyl (C=O) groups excluding carboxylic acids is 1. The van der Waals surface area contributed by atoms with Gasteiger partial charge in [-0.3, -0.25) is 0 Å². The topological polar surface area (TPSA) is 26.3 Å². The SMILES string of the molecule is CCCCCCCC1=C(I)[C@@H](C)OC1=O. The van der Waals surface area contributed by atoms with Crippen LogP contribution in [0.4, 0.5) is 0 Å². The van der Waals surface area contributed by atoms with E-state index >= 15 is 0 Å². The van der Waals surface area contributed by atoms with Crippen molar-refractivity contribution in [3.05, 3.63) is 9.15 Å². The minimum Gasteiger partial charge on any atom is -0.454 e. The Morgan fingerprint density at radius 1 is 1.27 bits per heavy atom. The molecule has 0 unspecified atom stereocenters. The predicted octanol–water partition coefficient (Wildman–Crippen LogP) is 3.98. The van der Waals surface area contributed by atoms with E-state index in [1.807, 2.05) is 6.92 Å². The van der Waals surface area contributed by atoms with E-state index < -0.39 is 0 Å². The van der Waals surface area contributed by atoms with Crippen molar-refractivity contribution >= 4 is 28.6 Å². The number of ether oxygens (including phenoxy) is 1. The van der Waals surface area contributed by atoms with Gasteiger partial charge in [-0.15, -0.1) is 0 Å². The first-order valence-corrected chi connectivity index (χ1v) is 6.84. The maximum atomic E-state index is 11.4. The van der Waals surface area contributed by atoms with E-state index in [0.29, 0.717) is 0 Å². The monoisotopic (exact) mass is 322 g/mol. The molecule has 0 aromatic rings. The number of rotatable bonds is 6. The van der Waals surface area contributed by atoms with Crippen molar-refractivity contribution in [3.8, 4) is 0 Å². The lowest BCUT2D eigenvalue weighted by Gasteiger charge is -2.00. The third-order valence-corrected chi connectivity index (χ3v) is 4.23. The third kappa shape index (κ3) is 3.78. The summed E-state index contributed by atoms with van der Waals surface area (Å²) in [6.07, 6.45) is 7.07. The molecular formula is C12H19IO2. The van der Waals surface area contributed by atoms with Gasteiger partial charge in [0.15, 0.2) is 0 Å². The Morgan fingerprint density at radius 2 is 1.93 bits per heavy atom. The predicted molar refractivity (Wildman–Crippen MR) is 70.0 cm³/mol. The second kappa shape index (κ2) is 6.51. The molecule has 0 saturated heterocycles. The summed E-state index contributed by atoms with van der Waals surface area (Å²) in [5.74, 6) is -0.0950. The van der Waals surface area contributed by atoms with E-state index in [0.717, 1.165) is 22.0 Å². The molecule has 0 N–H and O–H groups in total. The number of esters is 1. The second-order valence-electron chi connectivity index (χ2n) is 4.04. The normalized spacial score (nSPS) is 21.0. The molecule has 86 valence electrons. The largest absolute Gasteiger partial charge is 0.454 e. The maximum absolute atomic E-state index is 11.4. The van der Waals surface area contributed by atoms with Crippen LogP contribution in [-0.4, -0.2) is 12.1 Å². The highest BCUT2D eigenvalue weighted by atomic mass is 127. The number of carbonyl (C=O) groups is 1. The van der Waals surface area contributed by atoms with Crippen molar-refractivity contribution in [2.75, 3.05) is 0 Å². The smallest absolute Gasteiger partial charge is 0.335 e. The van der Waals surface area contributed by atoms with Crippen LogP contribution in [0.3, 0.4) is 0 Å². The van der Waals surface area contributed by atoms with Gasteiger partial charge in [-0.1, -0.05) is 32.6 Å². The fourth-order valence-corrected chi connectivity index (χ4v) is 2.37. The molecule has 15 heavy (non-hydrogen) atoms. The quantitative estimate of drug-likeness (QED) is 0.420. The molecule has 1 rings (SSSR count). The van der Waals surface area contributed by atoms with Gasteiger partial charge >= 0.3 is 5.97 Å². The van der Waals surface area contributed by atoms with E-state index in [9.17, 15) is 4.79 Å². The van der Waals surface area contributed by atoms with Crippen LogP contribution in [0.1, 0.15) is 52.4 Å². The number of unbranched alkanes of at least 4 members (excludes halogenated alkanes) is 4. The molecule has 0 aromatic heterocycles. The van der Waals surface area contributed by atoms with Crippen molar-refractivity contribution in [2.24, 2.45) is 0 Å². The molecule has 0 amide bonds. The Labute approximate surface area is 106 Å². The number of hydrogen-bond acceptors (Lipinski definition) is 2. The van der Waals surface area contributed by atoms with Crippen LogP contribution in [0.2, 0.25) is 0 Å². The van der Waals surface area contributed by atoms with Crippen LogP contribution in [0.15, 0.2) is 9.15 Å². The van der Waals surface area contributed by atoms with Crippen molar-refractivity contribution in [3.63, 3.8) is 0 Å². The van der Waals surface area contributed by atoms with Crippen molar-refractivity contribution in [1.29, 1.82) is 0 Å². The van der Waals surface area contributed by atoms with Crippen molar-refractivity contribution in [1.82, 2.24) is 0 Å². The van der Waals surface area contributed by atoms with E-state index in [1.165, 1.54) is 25.7 Å². The molecule has 0 radical (unpaired) electrons. The fourth-order valence-electron chi connectivity index (χ4n) is 1.75. The van der Waals surface area contributed by atoms with Crippen LogP contribution >= 0.6 is 22.6 Å². The van der Waals surface area contributed by atoms with Gasteiger partial charge in [0.25, 0.3) is 0 Å². The van der Waals surface area contributed by atoms with Gasteiger partial charge in [-0.2, -0.15) is 0 Å². The Hall–Kier alpha value is -0.0600. The highest BCUT2D eigenvalue weighted by Crippen LogP contribution is 2.31. The Kier molecular flexibility index (Phi) is 5.64.